The molecule has 0 spiro atoms. The fourth-order valence-electron chi connectivity index (χ4n) is 2.62. The minimum atomic E-state index is -0.0103. The van der Waals surface area contributed by atoms with Crippen LogP contribution >= 0.6 is 22.7 Å². The topological polar surface area (TPSA) is 143 Å². The Morgan fingerprint density at radius 2 is 1.14 bits per heavy atom. The largest absolute Gasteiger partial charge is 0.504 e. The number of phenols is 2. The predicted molar refractivity (Wildman–Crippen MR) is 131 cm³/mol. The van der Waals surface area contributed by atoms with Crippen LogP contribution < -0.4 is 9.47 Å². The van der Waals surface area contributed by atoms with E-state index in [1.165, 1.54) is 34.8 Å². The molecule has 0 aliphatic carbocycles. The molecule has 0 unspecified atom stereocenters. The third kappa shape index (κ3) is 7.53. The Morgan fingerprint density at radius 1 is 0.657 bits per heavy atom. The molecule has 0 aliphatic heterocycles. The van der Waals surface area contributed by atoms with Gasteiger partial charge >= 0.3 is 0 Å². The van der Waals surface area contributed by atoms with E-state index in [1.54, 1.807) is 36.7 Å². The van der Waals surface area contributed by atoms with E-state index in [9.17, 15) is 10.2 Å². The van der Waals surface area contributed by atoms with E-state index < -0.39 is 0 Å². The van der Waals surface area contributed by atoms with Gasteiger partial charge in [0.05, 0.1) is 24.6 Å². The molecule has 2 N–H and O–H groups in total. The Kier molecular flexibility index (Phi) is 8.64. The summed E-state index contributed by atoms with van der Waals surface area (Å²) in [5.74, 6) is 0.524. The first-order valence-corrected chi connectivity index (χ1v) is 12.0. The summed E-state index contributed by atoms with van der Waals surface area (Å²) in [4.78, 5) is 8.06. The lowest BCUT2D eigenvalue weighted by Crippen LogP contribution is -2.12. The van der Waals surface area contributed by atoms with Gasteiger partial charge in [-0.3, -0.25) is 0 Å². The van der Waals surface area contributed by atoms with Gasteiger partial charge in [-0.1, -0.05) is 0 Å². The van der Waals surface area contributed by atoms with Gasteiger partial charge in [-0.05, 0) is 24.3 Å². The molecule has 0 fully saturated rings. The smallest absolute Gasteiger partial charge is 0.229 e. The molecule has 13 heteroatoms. The summed E-state index contributed by atoms with van der Waals surface area (Å²) in [6.45, 7) is 0.945. The first kappa shape index (κ1) is 24.2. The van der Waals surface area contributed by atoms with Crippen molar-refractivity contribution in [2.75, 3.05) is 26.4 Å². The SMILES string of the molecule is Oc1ccc(N=Nc2nccs2)cc1OCCOCCOc1cc(N=Nc2nccs2)ccc1O. The maximum Gasteiger partial charge on any atom is 0.229 e. The lowest BCUT2D eigenvalue weighted by Gasteiger charge is -2.10. The van der Waals surface area contributed by atoms with Crippen LogP contribution in [0, 0.1) is 0 Å². The maximum absolute atomic E-state index is 9.98. The van der Waals surface area contributed by atoms with Gasteiger partial charge < -0.3 is 24.4 Å². The fourth-order valence-corrected chi connectivity index (χ4v) is 3.52. The lowest BCUT2D eigenvalue weighted by molar-refractivity contribution is 0.0751. The Hall–Kier alpha value is -3.94. The molecule has 0 aliphatic rings. The Labute approximate surface area is 208 Å². The first-order chi connectivity index (χ1) is 17.2. The average Bonchev–Trinajstić information content (AvgIpc) is 3.58. The Balaban J connectivity index is 1.18. The number of azo groups is 2. The maximum atomic E-state index is 9.98. The number of hydrogen-bond donors (Lipinski definition) is 2. The lowest BCUT2D eigenvalue weighted by atomic mass is 10.3. The van der Waals surface area contributed by atoms with E-state index in [1.807, 2.05) is 10.8 Å². The van der Waals surface area contributed by atoms with Gasteiger partial charge in [-0.25, -0.2) is 9.97 Å². The molecule has 0 saturated carbocycles. The minimum Gasteiger partial charge on any atom is -0.504 e. The quantitative estimate of drug-likeness (QED) is 0.167. The average molecular weight is 513 g/mol. The number of benzene rings is 2. The number of thiazole rings is 2. The highest BCUT2D eigenvalue weighted by molar-refractivity contribution is 7.13. The minimum absolute atomic E-state index is 0.0103. The Morgan fingerprint density at radius 3 is 1.57 bits per heavy atom. The highest BCUT2D eigenvalue weighted by Gasteiger charge is 2.06. The van der Waals surface area contributed by atoms with Crippen molar-refractivity contribution in [3.05, 3.63) is 59.6 Å². The van der Waals surface area contributed by atoms with Crippen molar-refractivity contribution in [3.8, 4) is 23.0 Å². The second-order valence-electron chi connectivity index (χ2n) is 6.64. The van der Waals surface area contributed by atoms with E-state index in [4.69, 9.17) is 14.2 Å². The van der Waals surface area contributed by atoms with Gasteiger partial charge in [0, 0.05) is 35.3 Å². The van der Waals surface area contributed by atoms with Crippen LogP contribution in [0.3, 0.4) is 0 Å². The third-order valence-electron chi connectivity index (χ3n) is 4.20. The molecule has 11 nitrogen and oxygen atoms in total. The number of phenolic OH excluding ortho intramolecular Hbond substituents is 2. The number of aromatic hydroxyl groups is 2. The zero-order valence-electron chi connectivity index (χ0n) is 18.2. The van der Waals surface area contributed by atoms with Crippen LogP contribution in [0.5, 0.6) is 23.0 Å². The zero-order chi connectivity index (χ0) is 24.3. The molecular weight excluding hydrogens is 492 g/mol. The van der Waals surface area contributed by atoms with E-state index in [0.717, 1.165) is 0 Å². The van der Waals surface area contributed by atoms with Crippen molar-refractivity contribution in [2.24, 2.45) is 20.5 Å². The molecule has 0 atom stereocenters. The summed E-state index contributed by atoms with van der Waals surface area (Å²) in [5, 5.41) is 40.9. The van der Waals surface area contributed by atoms with Crippen LogP contribution in [0.2, 0.25) is 0 Å². The van der Waals surface area contributed by atoms with Crippen molar-refractivity contribution in [2.45, 2.75) is 0 Å². The standard InChI is InChI=1S/C22H20N6O5S2/c29-17-3-1-15(25-27-21-23-5-11-34-21)13-19(17)32-9-7-31-8-10-33-20-14-16(2-4-18(20)30)26-28-22-24-6-12-35-22/h1-6,11-14,29-30H,7-10H2. The molecular formula is C22H20N6O5S2. The van der Waals surface area contributed by atoms with Crippen molar-refractivity contribution in [3.63, 3.8) is 0 Å². The van der Waals surface area contributed by atoms with E-state index >= 15 is 0 Å². The van der Waals surface area contributed by atoms with Crippen molar-refractivity contribution < 1.29 is 24.4 Å². The van der Waals surface area contributed by atoms with Crippen LogP contribution in [0.15, 0.2) is 80.0 Å². The molecule has 180 valence electrons. The number of ether oxygens (including phenoxy) is 3. The van der Waals surface area contributed by atoms with E-state index in [0.29, 0.717) is 21.6 Å². The third-order valence-corrected chi connectivity index (χ3v) is 5.51. The van der Waals surface area contributed by atoms with Crippen LogP contribution in [0.4, 0.5) is 21.6 Å². The first-order valence-electron chi connectivity index (χ1n) is 10.3. The number of aromatic nitrogens is 2. The van der Waals surface area contributed by atoms with Crippen LogP contribution in [-0.4, -0.2) is 46.6 Å². The molecule has 0 saturated heterocycles. The molecule has 4 aromatic rings. The van der Waals surface area contributed by atoms with E-state index in [2.05, 4.69) is 30.4 Å². The highest BCUT2D eigenvalue weighted by atomic mass is 32.1. The summed E-state index contributed by atoms with van der Waals surface area (Å²) in [5.41, 5.74) is 1.05. The molecule has 35 heavy (non-hydrogen) atoms. The van der Waals surface area contributed by atoms with Gasteiger partial charge in [0.15, 0.2) is 23.0 Å². The van der Waals surface area contributed by atoms with Gasteiger partial charge in [0.25, 0.3) is 0 Å². The van der Waals surface area contributed by atoms with Crippen molar-refractivity contribution in [1.82, 2.24) is 9.97 Å². The monoisotopic (exact) mass is 512 g/mol. The molecule has 0 amide bonds. The summed E-state index contributed by atoms with van der Waals surface area (Å²) in [7, 11) is 0. The van der Waals surface area contributed by atoms with Gasteiger partial charge in [0.1, 0.15) is 13.2 Å². The molecule has 0 radical (unpaired) electrons. The van der Waals surface area contributed by atoms with Crippen LogP contribution in [0.1, 0.15) is 0 Å². The molecule has 2 aromatic carbocycles. The van der Waals surface area contributed by atoms with Crippen molar-refractivity contribution in [1.29, 1.82) is 0 Å². The zero-order valence-corrected chi connectivity index (χ0v) is 19.9. The number of hydrogen-bond acceptors (Lipinski definition) is 13. The molecule has 0 bridgehead atoms. The highest BCUT2D eigenvalue weighted by Crippen LogP contribution is 2.32. The van der Waals surface area contributed by atoms with Gasteiger partial charge in [-0.2, -0.15) is 0 Å². The van der Waals surface area contributed by atoms with Gasteiger partial charge in [-0.15, -0.1) is 43.1 Å². The molecule has 2 aromatic heterocycles. The van der Waals surface area contributed by atoms with Crippen molar-refractivity contribution >= 4 is 44.3 Å². The van der Waals surface area contributed by atoms with Crippen LogP contribution in [0.25, 0.3) is 0 Å². The predicted octanol–water partition coefficient (Wildman–Crippen LogP) is 6.32. The Bertz CT molecular complexity index is 1170. The summed E-state index contributed by atoms with van der Waals surface area (Å²) >= 11 is 2.74. The summed E-state index contributed by atoms with van der Waals surface area (Å²) < 4.78 is 16.6. The summed E-state index contributed by atoms with van der Waals surface area (Å²) in [6.07, 6.45) is 3.29. The van der Waals surface area contributed by atoms with Gasteiger partial charge in [0.2, 0.25) is 10.3 Å². The molecule has 2 heterocycles. The van der Waals surface area contributed by atoms with Crippen LogP contribution in [-0.2, 0) is 4.74 Å². The van der Waals surface area contributed by atoms with E-state index in [-0.39, 0.29) is 49.4 Å². The normalized spacial score (nSPS) is 11.4. The summed E-state index contributed by atoms with van der Waals surface area (Å²) in [6, 6.07) is 9.37. The second-order valence-corrected chi connectivity index (χ2v) is 8.39. The number of nitrogens with zero attached hydrogens (tertiary/aromatic N) is 6. The second kappa shape index (κ2) is 12.5. The fraction of sp³-hybridized carbons (Fsp3) is 0.182. The molecule has 4 rings (SSSR count). The number of rotatable bonds is 12.